The highest BCUT2D eigenvalue weighted by Gasteiger charge is 2.41. The number of benzene rings is 2. The fraction of sp³-hybridized carbons (Fsp3) is 0.464. The third kappa shape index (κ3) is 5.82. The molecule has 1 aromatic heterocycles. The number of sulfonamides is 1. The first-order valence-electron chi connectivity index (χ1n) is 12.9. The Morgan fingerprint density at radius 1 is 1.13 bits per heavy atom. The lowest BCUT2D eigenvalue weighted by Crippen LogP contribution is -2.46. The van der Waals surface area contributed by atoms with Gasteiger partial charge in [0.25, 0.3) is 0 Å². The topological polar surface area (TPSA) is 84.7 Å². The molecule has 0 amide bonds. The van der Waals surface area contributed by atoms with Crippen molar-refractivity contribution < 1.29 is 22.0 Å². The van der Waals surface area contributed by atoms with Gasteiger partial charge in [0, 0.05) is 50.4 Å². The zero-order valence-electron chi connectivity index (χ0n) is 21.7. The highest BCUT2D eigenvalue weighted by Crippen LogP contribution is 2.39. The van der Waals surface area contributed by atoms with Crippen molar-refractivity contribution in [2.75, 3.05) is 13.2 Å². The summed E-state index contributed by atoms with van der Waals surface area (Å²) in [6.45, 7) is 5.34. The van der Waals surface area contributed by atoms with E-state index in [1.54, 1.807) is 25.3 Å². The van der Waals surface area contributed by atoms with Crippen LogP contribution in [0, 0.1) is 12.7 Å². The van der Waals surface area contributed by atoms with Crippen molar-refractivity contribution in [1.29, 1.82) is 0 Å². The maximum Gasteiger partial charge on any atom is 0.221 e. The standard InChI is InChI=1S/C28H34FN3O4S.ClH/c1-20-8-11-27(22-6-4-3-5-7-22)37(33,34)32(20)18-23-9-10-24(16-26(23)29)28(12-14-35-15-13-28)30-17-25-19-36-21(2)31-25;/h3-7,9-10,16,19-20,27,30H,8,11-15,17-18H2,1-2H3;1H/t20-,27+;/m0./s1. The second-order valence-electron chi connectivity index (χ2n) is 10.1. The predicted octanol–water partition coefficient (Wildman–Crippen LogP) is 5.39. The molecule has 38 heavy (non-hydrogen) atoms. The molecule has 2 saturated heterocycles. The normalized spacial score (nSPS) is 23.0. The van der Waals surface area contributed by atoms with E-state index >= 15 is 4.39 Å². The Labute approximate surface area is 230 Å². The number of oxazole rings is 1. The van der Waals surface area contributed by atoms with E-state index in [4.69, 9.17) is 9.15 Å². The molecule has 206 valence electrons. The van der Waals surface area contributed by atoms with E-state index in [0.29, 0.717) is 50.5 Å². The van der Waals surface area contributed by atoms with E-state index in [9.17, 15) is 8.42 Å². The Morgan fingerprint density at radius 3 is 2.53 bits per heavy atom. The summed E-state index contributed by atoms with van der Waals surface area (Å²) in [7, 11) is -3.64. The van der Waals surface area contributed by atoms with Gasteiger partial charge in [-0.1, -0.05) is 42.5 Å². The van der Waals surface area contributed by atoms with E-state index in [0.717, 1.165) is 23.2 Å². The second kappa shape index (κ2) is 11.8. The molecule has 3 aromatic rings. The van der Waals surface area contributed by atoms with Crippen molar-refractivity contribution in [2.24, 2.45) is 0 Å². The number of hydrogen-bond donors (Lipinski definition) is 1. The van der Waals surface area contributed by atoms with Gasteiger partial charge in [-0.25, -0.2) is 17.8 Å². The Balaban J connectivity index is 0.00000336. The van der Waals surface area contributed by atoms with E-state index < -0.39 is 26.6 Å². The fourth-order valence-electron chi connectivity index (χ4n) is 5.53. The van der Waals surface area contributed by atoms with Crippen LogP contribution in [0.25, 0.3) is 0 Å². The summed E-state index contributed by atoms with van der Waals surface area (Å²) < 4.78 is 55.2. The van der Waals surface area contributed by atoms with Crippen LogP contribution in [-0.2, 0) is 33.4 Å². The number of aryl methyl sites for hydroxylation is 1. The lowest BCUT2D eigenvalue weighted by molar-refractivity contribution is 0.0355. The molecule has 2 atom stereocenters. The number of nitrogens with zero attached hydrogens (tertiary/aromatic N) is 2. The molecular formula is C28H35ClFN3O4S. The number of ether oxygens (including phenoxy) is 1. The SMILES string of the molecule is Cc1nc(CNC2(c3ccc(CN4[C@@H](C)CC[C@H](c5ccccc5)S4(=O)=O)c(F)c3)CCOCC2)co1.Cl. The summed E-state index contributed by atoms with van der Waals surface area (Å²) in [6.07, 6.45) is 4.31. The number of rotatable bonds is 7. The molecule has 2 aliphatic heterocycles. The molecule has 1 N–H and O–H groups in total. The Morgan fingerprint density at radius 2 is 1.87 bits per heavy atom. The maximum atomic E-state index is 15.6. The van der Waals surface area contributed by atoms with Crippen molar-refractivity contribution in [2.45, 2.75) is 69.5 Å². The summed E-state index contributed by atoms with van der Waals surface area (Å²) in [5.41, 5.74) is 2.31. The monoisotopic (exact) mass is 563 g/mol. The molecule has 10 heteroatoms. The Bertz CT molecular complexity index is 1330. The number of halogens is 2. The van der Waals surface area contributed by atoms with Crippen LogP contribution in [0.3, 0.4) is 0 Å². The highest BCUT2D eigenvalue weighted by molar-refractivity contribution is 7.89. The van der Waals surface area contributed by atoms with Gasteiger partial charge in [0.1, 0.15) is 17.3 Å². The van der Waals surface area contributed by atoms with E-state index in [-0.39, 0.29) is 25.0 Å². The van der Waals surface area contributed by atoms with Gasteiger partial charge in [-0.05, 0) is 49.8 Å². The van der Waals surface area contributed by atoms with Crippen LogP contribution in [0.2, 0.25) is 0 Å². The fourth-order valence-corrected chi connectivity index (χ4v) is 7.72. The minimum Gasteiger partial charge on any atom is -0.449 e. The zero-order valence-corrected chi connectivity index (χ0v) is 23.4. The molecule has 0 spiro atoms. The van der Waals surface area contributed by atoms with Gasteiger partial charge in [0.2, 0.25) is 10.0 Å². The molecule has 0 saturated carbocycles. The van der Waals surface area contributed by atoms with Crippen LogP contribution in [-0.4, -0.2) is 37.0 Å². The van der Waals surface area contributed by atoms with Crippen molar-refractivity contribution in [3.63, 3.8) is 0 Å². The molecule has 3 heterocycles. The summed E-state index contributed by atoms with van der Waals surface area (Å²) in [4.78, 5) is 4.37. The van der Waals surface area contributed by atoms with Gasteiger partial charge in [-0.15, -0.1) is 12.4 Å². The van der Waals surface area contributed by atoms with Gasteiger partial charge in [-0.2, -0.15) is 4.31 Å². The van der Waals surface area contributed by atoms with Gasteiger partial charge in [0.05, 0.1) is 5.69 Å². The zero-order chi connectivity index (χ0) is 26.0. The smallest absolute Gasteiger partial charge is 0.221 e. The third-order valence-corrected chi connectivity index (χ3v) is 10.1. The average Bonchev–Trinajstić information content (AvgIpc) is 3.32. The van der Waals surface area contributed by atoms with Gasteiger partial charge in [-0.3, -0.25) is 0 Å². The summed E-state index contributed by atoms with van der Waals surface area (Å²) >= 11 is 0. The lowest BCUT2D eigenvalue weighted by atomic mass is 9.82. The molecule has 5 rings (SSSR count). The van der Waals surface area contributed by atoms with E-state index in [1.807, 2.05) is 43.3 Å². The summed E-state index contributed by atoms with van der Waals surface area (Å²) in [6, 6.07) is 14.3. The van der Waals surface area contributed by atoms with Crippen molar-refractivity contribution in [3.05, 3.63) is 88.9 Å². The molecule has 0 aliphatic carbocycles. The Hall–Kier alpha value is -2.30. The third-order valence-electron chi connectivity index (χ3n) is 7.75. The first-order valence-corrected chi connectivity index (χ1v) is 14.4. The number of nitrogens with one attached hydrogen (secondary N) is 1. The van der Waals surface area contributed by atoms with Gasteiger partial charge >= 0.3 is 0 Å². The molecule has 2 fully saturated rings. The van der Waals surface area contributed by atoms with Crippen molar-refractivity contribution >= 4 is 22.4 Å². The molecule has 0 radical (unpaired) electrons. The van der Waals surface area contributed by atoms with Crippen LogP contribution in [0.15, 0.2) is 59.2 Å². The molecule has 2 aromatic carbocycles. The van der Waals surface area contributed by atoms with Crippen molar-refractivity contribution in [1.82, 2.24) is 14.6 Å². The predicted molar refractivity (Wildman–Crippen MR) is 146 cm³/mol. The molecular weight excluding hydrogens is 529 g/mol. The highest BCUT2D eigenvalue weighted by atomic mass is 35.5. The summed E-state index contributed by atoms with van der Waals surface area (Å²) in [5, 5.41) is 2.97. The number of hydrogen-bond acceptors (Lipinski definition) is 6. The first-order chi connectivity index (χ1) is 17.8. The van der Waals surface area contributed by atoms with Crippen molar-refractivity contribution in [3.8, 4) is 0 Å². The molecule has 2 aliphatic rings. The minimum atomic E-state index is -3.64. The van der Waals surface area contributed by atoms with Gasteiger partial charge in [0.15, 0.2) is 5.89 Å². The molecule has 7 nitrogen and oxygen atoms in total. The molecule has 0 bridgehead atoms. The average molecular weight is 564 g/mol. The minimum absolute atomic E-state index is 0. The van der Waals surface area contributed by atoms with E-state index in [1.165, 1.54) is 4.31 Å². The molecule has 0 unspecified atom stereocenters. The van der Waals surface area contributed by atoms with Crippen LogP contribution in [0.1, 0.15) is 66.1 Å². The Kier molecular flexibility index (Phi) is 8.94. The second-order valence-corrected chi connectivity index (χ2v) is 12.2. The van der Waals surface area contributed by atoms with Crippen LogP contribution >= 0.6 is 12.4 Å². The number of aromatic nitrogens is 1. The first kappa shape index (κ1) is 28.7. The van der Waals surface area contributed by atoms with Gasteiger partial charge < -0.3 is 14.5 Å². The largest absolute Gasteiger partial charge is 0.449 e. The lowest BCUT2D eigenvalue weighted by Gasteiger charge is -2.39. The maximum absolute atomic E-state index is 15.6. The van der Waals surface area contributed by atoms with Crippen LogP contribution < -0.4 is 5.32 Å². The van der Waals surface area contributed by atoms with E-state index in [2.05, 4.69) is 10.3 Å². The van der Waals surface area contributed by atoms with Crippen LogP contribution in [0.4, 0.5) is 4.39 Å². The quantitative estimate of drug-likeness (QED) is 0.415. The van der Waals surface area contributed by atoms with Crippen LogP contribution in [0.5, 0.6) is 0 Å². The summed E-state index contributed by atoms with van der Waals surface area (Å²) in [5.74, 6) is 0.205.